The minimum Gasteiger partial charge on any atom is -0.355 e. The van der Waals surface area contributed by atoms with Crippen molar-refractivity contribution in [3.8, 4) is 0 Å². The van der Waals surface area contributed by atoms with E-state index in [1.54, 1.807) is 0 Å². The van der Waals surface area contributed by atoms with Crippen LogP contribution in [0.3, 0.4) is 0 Å². The highest BCUT2D eigenvalue weighted by atomic mass is 14.9. The third kappa shape index (κ3) is 2.35. The number of hydrogen-bond acceptors (Lipinski definition) is 1. The summed E-state index contributed by atoms with van der Waals surface area (Å²) in [5, 5.41) is 5.95. The quantitative estimate of drug-likeness (QED) is 0.642. The van der Waals surface area contributed by atoms with Gasteiger partial charge in [0.2, 0.25) is 0 Å². The lowest BCUT2D eigenvalue weighted by atomic mass is 10.1. The van der Waals surface area contributed by atoms with Gasteiger partial charge in [-0.1, -0.05) is 62.0 Å². The summed E-state index contributed by atoms with van der Waals surface area (Å²) in [6.07, 6.45) is 0. The molecule has 0 aliphatic heterocycles. The number of hydrogen-bond donors (Lipinski definition) is 1. The van der Waals surface area contributed by atoms with Gasteiger partial charge in [-0.05, 0) is 23.6 Å². The van der Waals surface area contributed by atoms with Crippen LogP contribution in [0.2, 0.25) is 0 Å². The fraction of sp³-hybridized carbons (Fsp3) is 0.0588. The molecular weight excluding hydrogens is 218 g/mol. The van der Waals surface area contributed by atoms with Gasteiger partial charge in [0.15, 0.2) is 0 Å². The van der Waals surface area contributed by atoms with Crippen molar-refractivity contribution in [1.82, 2.24) is 0 Å². The van der Waals surface area contributed by atoms with E-state index in [9.17, 15) is 0 Å². The molecule has 0 saturated heterocycles. The maximum atomic E-state index is 3.45. The van der Waals surface area contributed by atoms with Crippen LogP contribution in [0, 0.1) is 0 Å². The summed E-state index contributed by atoms with van der Waals surface area (Å²) in [7, 11) is 0. The molecule has 1 heteroatoms. The first-order chi connectivity index (χ1) is 8.43. The summed E-state index contributed by atoms with van der Waals surface area (Å²) in [6.45, 7) is 0. The molecule has 0 aliphatic rings. The first kappa shape index (κ1) is 12.2. The Labute approximate surface area is 108 Å². The molecule has 0 saturated carbocycles. The number of nitrogens with one attached hydrogen (secondary N) is 1. The van der Waals surface area contributed by atoms with E-state index >= 15 is 0 Å². The summed E-state index contributed by atoms with van der Waals surface area (Å²) in [4.78, 5) is 0. The van der Waals surface area contributed by atoms with Crippen molar-refractivity contribution < 1.29 is 0 Å². The van der Waals surface area contributed by atoms with Gasteiger partial charge >= 0.3 is 0 Å². The lowest BCUT2D eigenvalue weighted by Crippen LogP contribution is -1.90. The van der Waals surface area contributed by atoms with Crippen LogP contribution in [0.5, 0.6) is 0 Å². The molecule has 0 radical (unpaired) electrons. The fourth-order valence-corrected chi connectivity index (χ4v) is 2.01. The van der Waals surface area contributed by atoms with Gasteiger partial charge in [-0.25, -0.2) is 0 Å². The first-order valence-corrected chi connectivity index (χ1v) is 5.73. The van der Waals surface area contributed by atoms with E-state index in [4.69, 9.17) is 0 Å². The zero-order valence-corrected chi connectivity index (χ0v) is 9.43. The van der Waals surface area contributed by atoms with Gasteiger partial charge in [0.25, 0.3) is 0 Å². The molecule has 3 aromatic carbocycles. The van der Waals surface area contributed by atoms with Crippen molar-refractivity contribution in [2.75, 3.05) is 5.32 Å². The maximum absolute atomic E-state index is 3.45. The Morgan fingerprint density at radius 1 is 0.611 bits per heavy atom. The Bertz CT molecular complexity index is 624. The lowest BCUT2D eigenvalue weighted by molar-refractivity contribution is 1.58. The molecule has 1 N–H and O–H groups in total. The van der Waals surface area contributed by atoms with E-state index in [0.29, 0.717) is 0 Å². The Morgan fingerprint density at radius 2 is 1.28 bits per heavy atom. The lowest BCUT2D eigenvalue weighted by Gasteiger charge is -2.09. The SMILES string of the molecule is C.c1ccc(Nc2cccc3ccccc23)cc1. The van der Waals surface area contributed by atoms with E-state index < -0.39 is 0 Å². The Balaban J connectivity index is 0.00000120. The van der Waals surface area contributed by atoms with Crippen molar-refractivity contribution in [1.29, 1.82) is 0 Å². The van der Waals surface area contributed by atoms with E-state index in [0.717, 1.165) is 11.4 Å². The maximum Gasteiger partial charge on any atom is 0.0463 e. The highest BCUT2D eigenvalue weighted by Crippen LogP contribution is 2.25. The zero-order chi connectivity index (χ0) is 11.5. The van der Waals surface area contributed by atoms with Gasteiger partial charge < -0.3 is 5.32 Å². The van der Waals surface area contributed by atoms with Crippen molar-refractivity contribution in [3.63, 3.8) is 0 Å². The third-order valence-corrected chi connectivity index (χ3v) is 2.84. The van der Waals surface area contributed by atoms with Crippen LogP contribution in [0.15, 0.2) is 72.8 Å². The van der Waals surface area contributed by atoms with Crippen LogP contribution in [0.4, 0.5) is 11.4 Å². The summed E-state index contributed by atoms with van der Waals surface area (Å²) >= 11 is 0. The zero-order valence-electron chi connectivity index (χ0n) is 9.43. The second-order valence-electron chi connectivity index (χ2n) is 4.02. The molecule has 0 aliphatic carbocycles. The minimum absolute atomic E-state index is 0. The Morgan fingerprint density at radius 3 is 2.11 bits per heavy atom. The van der Waals surface area contributed by atoms with Gasteiger partial charge in [0.1, 0.15) is 0 Å². The Hall–Kier alpha value is -2.28. The smallest absolute Gasteiger partial charge is 0.0463 e. The average molecular weight is 235 g/mol. The molecule has 0 bridgehead atoms. The summed E-state index contributed by atoms with van der Waals surface area (Å²) in [5.74, 6) is 0. The molecule has 0 heterocycles. The third-order valence-electron chi connectivity index (χ3n) is 2.84. The monoisotopic (exact) mass is 235 g/mol. The molecule has 3 rings (SSSR count). The molecule has 0 amide bonds. The number of benzene rings is 3. The molecule has 18 heavy (non-hydrogen) atoms. The topological polar surface area (TPSA) is 12.0 Å². The average Bonchev–Trinajstić information content (AvgIpc) is 2.40. The van der Waals surface area contributed by atoms with Crippen LogP contribution in [-0.2, 0) is 0 Å². The molecule has 0 atom stereocenters. The molecule has 3 aromatic rings. The van der Waals surface area contributed by atoms with Crippen LogP contribution < -0.4 is 5.32 Å². The largest absolute Gasteiger partial charge is 0.355 e. The van der Waals surface area contributed by atoms with Crippen LogP contribution in [-0.4, -0.2) is 0 Å². The van der Waals surface area contributed by atoms with Gasteiger partial charge in [0.05, 0.1) is 0 Å². The fourth-order valence-electron chi connectivity index (χ4n) is 2.01. The van der Waals surface area contributed by atoms with E-state index in [1.807, 2.05) is 18.2 Å². The normalized spacial score (nSPS) is 9.78. The van der Waals surface area contributed by atoms with Crippen molar-refractivity contribution in [2.24, 2.45) is 0 Å². The van der Waals surface area contributed by atoms with Crippen LogP contribution >= 0.6 is 0 Å². The molecule has 0 unspecified atom stereocenters. The van der Waals surface area contributed by atoms with E-state index in [1.165, 1.54) is 10.8 Å². The van der Waals surface area contributed by atoms with Gasteiger partial charge in [-0.2, -0.15) is 0 Å². The number of fused-ring (bicyclic) bond motifs is 1. The number of para-hydroxylation sites is 1. The second-order valence-corrected chi connectivity index (χ2v) is 4.02. The van der Waals surface area contributed by atoms with Crippen LogP contribution in [0.1, 0.15) is 7.43 Å². The van der Waals surface area contributed by atoms with Gasteiger partial charge in [0, 0.05) is 16.8 Å². The van der Waals surface area contributed by atoms with Crippen molar-refractivity contribution >= 4 is 22.1 Å². The summed E-state index contributed by atoms with van der Waals surface area (Å²) < 4.78 is 0. The second kappa shape index (κ2) is 5.37. The number of anilines is 2. The molecular formula is C17H17N. The summed E-state index contributed by atoms with van der Waals surface area (Å²) in [6, 6.07) is 25.0. The van der Waals surface area contributed by atoms with Crippen molar-refractivity contribution in [3.05, 3.63) is 72.8 Å². The molecule has 0 spiro atoms. The molecule has 1 nitrogen and oxygen atoms in total. The van der Waals surface area contributed by atoms with Gasteiger partial charge in [-0.3, -0.25) is 0 Å². The van der Waals surface area contributed by atoms with Crippen molar-refractivity contribution in [2.45, 2.75) is 7.43 Å². The van der Waals surface area contributed by atoms with Gasteiger partial charge in [-0.15, -0.1) is 0 Å². The molecule has 0 aromatic heterocycles. The highest BCUT2D eigenvalue weighted by Gasteiger charge is 1.99. The van der Waals surface area contributed by atoms with E-state index in [2.05, 4.69) is 59.9 Å². The predicted molar refractivity (Wildman–Crippen MR) is 80.4 cm³/mol. The van der Waals surface area contributed by atoms with Crippen LogP contribution in [0.25, 0.3) is 10.8 Å². The molecule has 90 valence electrons. The Kier molecular flexibility index (Phi) is 3.63. The predicted octanol–water partition coefficient (Wildman–Crippen LogP) is 5.22. The minimum atomic E-state index is 0. The summed E-state index contributed by atoms with van der Waals surface area (Å²) in [5.41, 5.74) is 2.26. The first-order valence-electron chi connectivity index (χ1n) is 5.73. The highest BCUT2D eigenvalue weighted by molar-refractivity contribution is 5.95. The number of rotatable bonds is 2. The standard InChI is InChI=1S/C16H13N.CH4/c1-2-9-14(10-3-1)17-16-12-6-8-13-7-4-5-11-15(13)16;/h1-12,17H;1H4. The van der Waals surface area contributed by atoms with E-state index in [-0.39, 0.29) is 7.43 Å². The molecule has 0 fully saturated rings.